The minimum Gasteiger partial charge on any atom is -0.395 e. The molecule has 0 saturated heterocycles. The number of hydrogen-bond donors (Lipinski definition) is 4. The average molecular weight is 397 g/mol. The standard InChI is InChI=1S/C16H16FN3O4S2/c17-9-1-3-10(4-2-9)26-20(24)12-7-11(13(18)22)14(25-12)19-15(23)16(8-21)5-6-16/h1-4,7,21,24H,5-6,8H2,(H2,18,22)(H,19,23). The monoisotopic (exact) mass is 397 g/mol. The molecule has 0 radical (unpaired) electrons. The number of carbonyl (C=O) groups excluding carboxylic acids is 2. The Morgan fingerprint density at radius 1 is 1.35 bits per heavy atom. The summed E-state index contributed by atoms with van der Waals surface area (Å²) in [5.41, 5.74) is 4.60. The van der Waals surface area contributed by atoms with Crippen LogP contribution in [0.1, 0.15) is 23.2 Å². The fourth-order valence-corrected chi connectivity index (χ4v) is 3.93. The average Bonchev–Trinajstić information content (AvgIpc) is 3.30. The van der Waals surface area contributed by atoms with Crippen molar-refractivity contribution in [1.29, 1.82) is 0 Å². The van der Waals surface area contributed by atoms with Gasteiger partial charge in [0.1, 0.15) is 15.8 Å². The molecule has 1 saturated carbocycles. The third-order valence-corrected chi connectivity index (χ3v) is 6.04. The van der Waals surface area contributed by atoms with E-state index >= 15 is 0 Å². The smallest absolute Gasteiger partial charge is 0.251 e. The molecule has 7 nitrogen and oxygen atoms in total. The molecule has 5 N–H and O–H groups in total. The minimum absolute atomic E-state index is 0.0610. The summed E-state index contributed by atoms with van der Waals surface area (Å²) in [4.78, 5) is 24.5. The van der Waals surface area contributed by atoms with Gasteiger partial charge in [-0.1, -0.05) is 11.3 Å². The maximum absolute atomic E-state index is 13.0. The van der Waals surface area contributed by atoms with E-state index in [1.165, 1.54) is 30.3 Å². The molecule has 0 unspecified atom stereocenters. The van der Waals surface area contributed by atoms with E-state index < -0.39 is 17.1 Å². The predicted octanol–water partition coefficient (Wildman–Crippen LogP) is 2.60. The number of hydrogen-bond acceptors (Lipinski definition) is 7. The van der Waals surface area contributed by atoms with Crippen LogP contribution in [0, 0.1) is 11.2 Å². The Bertz CT molecular complexity index is 837. The molecule has 2 amide bonds. The van der Waals surface area contributed by atoms with E-state index in [0.717, 1.165) is 27.8 Å². The van der Waals surface area contributed by atoms with Crippen molar-refractivity contribution in [3.05, 3.63) is 41.7 Å². The number of nitrogens with zero attached hydrogens (tertiary/aromatic N) is 1. The fraction of sp³-hybridized carbons (Fsp3) is 0.250. The normalized spacial score (nSPS) is 14.7. The summed E-state index contributed by atoms with van der Waals surface area (Å²) < 4.78 is 13.8. The van der Waals surface area contributed by atoms with Crippen LogP contribution in [-0.4, -0.2) is 28.7 Å². The molecule has 3 rings (SSSR count). The molecule has 0 bridgehead atoms. The van der Waals surface area contributed by atoms with Gasteiger partial charge in [-0.25, -0.2) is 4.39 Å². The first-order valence-electron chi connectivity index (χ1n) is 7.63. The van der Waals surface area contributed by atoms with Crippen LogP contribution in [-0.2, 0) is 4.79 Å². The fourth-order valence-electron chi connectivity index (χ4n) is 2.23. The number of amides is 2. The van der Waals surface area contributed by atoms with Gasteiger partial charge in [-0.2, -0.15) is 4.47 Å². The number of nitrogens with one attached hydrogen (secondary N) is 1. The number of benzene rings is 1. The number of anilines is 2. The molecule has 1 heterocycles. The number of carbonyl (C=O) groups is 2. The lowest BCUT2D eigenvalue weighted by molar-refractivity contribution is -0.122. The van der Waals surface area contributed by atoms with Crippen LogP contribution in [0.4, 0.5) is 14.4 Å². The largest absolute Gasteiger partial charge is 0.395 e. The number of primary amides is 1. The molecule has 26 heavy (non-hydrogen) atoms. The molecular weight excluding hydrogens is 381 g/mol. The molecule has 2 aromatic rings. The zero-order valence-corrected chi connectivity index (χ0v) is 15.1. The van der Waals surface area contributed by atoms with Crippen LogP contribution in [0.5, 0.6) is 0 Å². The van der Waals surface area contributed by atoms with E-state index in [4.69, 9.17) is 5.73 Å². The van der Waals surface area contributed by atoms with Crippen LogP contribution in [0.2, 0.25) is 0 Å². The summed E-state index contributed by atoms with van der Waals surface area (Å²) in [5.74, 6) is -1.53. The highest BCUT2D eigenvalue weighted by Crippen LogP contribution is 2.47. The van der Waals surface area contributed by atoms with Gasteiger partial charge in [0.2, 0.25) is 5.91 Å². The predicted molar refractivity (Wildman–Crippen MR) is 96.7 cm³/mol. The van der Waals surface area contributed by atoms with Crippen molar-refractivity contribution < 1.29 is 24.3 Å². The van der Waals surface area contributed by atoms with Crippen molar-refractivity contribution in [2.75, 3.05) is 16.4 Å². The minimum atomic E-state index is -0.805. The molecule has 1 aromatic carbocycles. The Morgan fingerprint density at radius 2 is 2.00 bits per heavy atom. The molecule has 1 aliphatic carbocycles. The van der Waals surface area contributed by atoms with Gasteiger partial charge in [0.05, 0.1) is 17.6 Å². The first-order valence-corrected chi connectivity index (χ1v) is 9.22. The van der Waals surface area contributed by atoms with Crippen molar-refractivity contribution in [1.82, 2.24) is 0 Å². The van der Waals surface area contributed by atoms with Crippen molar-refractivity contribution in [3.8, 4) is 0 Å². The van der Waals surface area contributed by atoms with Gasteiger partial charge in [0.25, 0.3) is 5.91 Å². The topological polar surface area (TPSA) is 116 Å². The summed E-state index contributed by atoms with van der Waals surface area (Å²) in [6.07, 6.45) is 1.15. The van der Waals surface area contributed by atoms with Gasteiger partial charge < -0.3 is 16.2 Å². The summed E-state index contributed by atoms with van der Waals surface area (Å²) in [6, 6.07) is 6.86. The summed E-state index contributed by atoms with van der Waals surface area (Å²) in [6.45, 7) is -0.268. The molecule has 138 valence electrons. The summed E-state index contributed by atoms with van der Waals surface area (Å²) in [7, 11) is 0. The quantitative estimate of drug-likeness (QED) is 0.422. The highest BCUT2D eigenvalue weighted by molar-refractivity contribution is 8.00. The number of nitrogens with two attached hydrogens (primary N) is 1. The number of thiophene rings is 1. The van der Waals surface area contributed by atoms with Crippen molar-refractivity contribution >= 4 is 45.1 Å². The Hall–Kier alpha value is -2.14. The molecule has 10 heteroatoms. The van der Waals surface area contributed by atoms with Gasteiger partial charge in [-0.05, 0) is 43.2 Å². The van der Waals surface area contributed by atoms with E-state index in [1.54, 1.807) is 0 Å². The lowest BCUT2D eigenvalue weighted by Gasteiger charge is -2.13. The maximum atomic E-state index is 13.0. The maximum Gasteiger partial charge on any atom is 0.251 e. The van der Waals surface area contributed by atoms with Crippen molar-refractivity contribution in [2.45, 2.75) is 17.7 Å². The SMILES string of the molecule is NC(=O)c1cc(N(O)Sc2ccc(F)cc2)sc1NC(=O)C1(CO)CC1. The third-order valence-electron chi connectivity index (χ3n) is 4.04. The molecular formula is C16H16FN3O4S2. The first kappa shape index (κ1) is 18.6. The highest BCUT2D eigenvalue weighted by atomic mass is 32.2. The number of aliphatic hydroxyl groups excluding tert-OH is 1. The number of aliphatic hydroxyl groups is 1. The van der Waals surface area contributed by atoms with Gasteiger partial charge in [-0.3, -0.25) is 14.8 Å². The molecule has 1 aliphatic rings. The lowest BCUT2D eigenvalue weighted by atomic mass is 10.1. The van der Waals surface area contributed by atoms with Gasteiger partial charge in [0, 0.05) is 16.8 Å². The van der Waals surface area contributed by atoms with Crippen molar-refractivity contribution in [2.24, 2.45) is 11.1 Å². The molecule has 0 atom stereocenters. The Balaban J connectivity index is 1.78. The third kappa shape index (κ3) is 3.83. The second kappa shape index (κ2) is 7.23. The molecule has 0 aliphatic heterocycles. The highest BCUT2D eigenvalue weighted by Gasteiger charge is 2.49. The Labute approximate surface area is 156 Å². The van der Waals surface area contributed by atoms with Crippen LogP contribution in [0.15, 0.2) is 35.2 Å². The number of halogens is 1. The van der Waals surface area contributed by atoms with E-state index in [9.17, 15) is 24.3 Å². The van der Waals surface area contributed by atoms with Crippen molar-refractivity contribution in [3.63, 3.8) is 0 Å². The van der Waals surface area contributed by atoms with Crippen LogP contribution in [0.25, 0.3) is 0 Å². The molecule has 1 fully saturated rings. The van der Waals surface area contributed by atoms with E-state index in [0.29, 0.717) is 17.7 Å². The Morgan fingerprint density at radius 3 is 2.54 bits per heavy atom. The van der Waals surface area contributed by atoms with Crippen LogP contribution in [0.3, 0.4) is 0 Å². The zero-order valence-electron chi connectivity index (χ0n) is 13.4. The van der Waals surface area contributed by atoms with Gasteiger partial charge in [-0.15, -0.1) is 0 Å². The van der Waals surface area contributed by atoms with E-state index in [-0.39, 0.29) is 28.1 Å². The van der Waals surface area contributed by atoms with Crippen LogP contribution < -0.4 is 15.5 Å². The Kier molecular flexibility index (Phi) is 5.19. The summed E-state index contributed by atoms with van der Waals surface area (Å²) in [5, 5.41) is 22.6. The molecule has 0 spiro atoms. The van der Waals surface area contributed by atoms with E-state index in [1.807, 2.05) is 0 Å². The summed E-state index contributed by atoms with van der Waals surface area (Å²) >= 11 is 1.88. The first-order chi connectivity index (χ1) is 12.3. The second-order valence-electron chi connectivity index (χ2n) is 5.90. The molecule has 1 aromatic heterocycles. The van der Waals surface area contributed by atoms with E-state index in [2.05, 4.69) is 5.32 Å². The van der Waals surface area contributed by atoms with Gasteiger partial charge in [0.15, 0.2) is 0 Å². The van der Waals surface area contributed by atoms with Gasteiger partial charge >= 0.3 is 0 Å². The number of rotatable bonds is 7. The zero-order chi connectivity index (χ0) is 18.9. The van der Waals surface area contributed by atoms with Crippen LogP contribution >= 0.6 is 23.3 Å². The second-order valence-corrected chi connectivity index (χ2v) is 7.93. The lowest BCUT2D eigenvalue weighted by Crippen LogP contribution is -2.27.